The lowest BCUT2D eigenvalue weighted by atomic mass is 10.1. The molecule has 4 nitrogen and oxygen atoms in total. The van der Waals surface area contributed by atoms with Gasteiger partial charge in [0.15, 0.2) is 0 Å². The Morgan fingerprint density at radius 3 is 2.71 bits per heavy atom. The van der Waals surface area contributed by atoms with Gasteiger partial charge in [-0.1, -0.05) is 18.2 Å². The molecule has 5 heteroatoms. The number of benzene rings is 1. The first-order chi connectivity index (χ1) is 10.1. The third kappa shape index (κ3) is 2.76. The first-order valence-corrected chi connectivity index (χ1v) is 6.64. The predicted octanol–water partition coefficient (Wildman–Crippen LogP) is 3.01. The summed E-state index contributed by atoms with van der Waals surface area (Å²) in [6, 6.07) is 13.0. The molecule has 0 amide bonds. The maximum absolute atomic E-state index is 12.9. The average molecular weight is 283 g/mol. The number of rotatable bonds is 3. The Kier molecular flexibility index (Phi) is 3.39. The van der Waals surface area contributed by atoms with Gasteiger partial charge in [-0.15, -0.1) is 0 Å². The molecule has 1 atom stereocenters. The number of anilines is 1. The van der Waals surface area contributed by atoms with E-state index in [1.807, 2.05) is 13.0 Å². The standard InChI is InChI=1S/C16H14FN3O/c1-11(12-5-7-13(17)8-6-12)18-14-10-16(21)20-9-3-2-4-15(20)19-14/h2-11,18H,1H3. The van der Waals surface area contributed by atoms with Gasteiger partial charge in [0, 0.05) is 18.3 Å². The molecule has 0 saturated carbocycles. The summed E-state index contributed by atoms with van der Waals surface area (Å²) < 4.78 is 14.4. The molecule has 0 spiro atoms. The molecule has 1 unspecified atom stereocenters. The van der Waals surface area contributed by atoms with Crippen LogP contribution in [0.15, 0.2) is 59.5 Å². The lowest BCUT2D eigenvalue weighted by Crippen LogP contribution is -2.17. The van der Waals surface area contributed by atoms with Crippen molar-refractivity contribution in [3.63, 3.8) is 0 Å². The fourth-order valence-electron chi connectivity index (χ4n) is 2.18. The molecular formula is C16H14FN3O. The van der Waals surface area contributed by atoms with E-state index in [1.165, 1.54) is 22.6 Å². The van der Waals surface area contributed by atoms with E-state index < -0.39 is 0 Å². The van der Waals surface area contributed by atoms with Gasteiger partial charge in [-0.25, -0.2) is 9.37 Å². The highest BCUT2D eigenvalue weighted by Crippen LogP contribution is 2.17. The Morgan fingerprint density at radius 2 is 1.95 bits per heavy atom. The molecule has 0 aliphatic rings. The SMILES string of the molecule is CC(Nc1cc(=O)n2ccccc2n1)c1ccc(F)cc1. The lowest BCUT2D eigenvalue weighted by Gasteiger charge is -2.15. The summed E-state index contributed by atoms with van der Waals surface area (Å²) in [4.78, 5) is 16.4. The van der Waals surface area contributed by atoms with Crippen LogP contribution < -0.4 is 10.9 Å². The minimum absolute atomic E-state index is 0.0799. The summed E-state index contributed by atoms with van der Waals surface area (Å²) in [5.74, 6) is 0.232. The number of fused-ring (bicyclic) bond motifs is 1. The van der Waals surface area contributed by atoms with Crippen molar-refractivity contribution in [2.45, 2.75) is 13.0 Å². The molecule has 0 bridgehead atoms. The Morgan fingerprint density at radius 1 is 1.19 bits per heavy atom. The number of aromatic nitrogens is 2. The summed E-state index contributed by atoms with van der Waals surface area (Å²) >= 11 is 0. The largest absolute Gasteiger partial charge is 0.363 e. The molecule has 2 heterocycles. The van der Waals surface area contributed by atoms with E-state index >= 15 is 0 Å². The van der Waals surface area contributed by atoms with Gasteiger partial charge in [-0.3, -0.25) is 9.20 Å². The highest BCUT2D eigenvalue weighted by Gasteiger charge is 2.08. The maximum atomic E-state index is 12.9. The number of nitrogens with one attached hydrogen (secondary N) is 1. The van der Waals surface area contributed by atoms with Crippen molar-refractivity contribution in [3.8, 4) is 0 Å². The Labute approximate surface area is 120 Å². The molecule has 1 aromatic carbocycles. The molecule has 3 aromatic rings. The topological polar surface area (TPSA) is 46.4 Å². The molecule has 0 aliphatic heterocycles. The molecule has 21 heavy (non-hydrogen) atoms. The van der Waals surface area contributed by atoms with E-state index in [0.717, 1.165) is 5.56 Å². The predicted molar refractivity (Wildman–Crippen MR) is 79.9 cm³/mol. The third-order valence-corrected chi connectivity index (χ3v) is 3.31. The summed E-state index contributed by atoms with van der Waals surface area (Å²) in [7, 11) is 0. The van der Waals surface area contributed by atoms with Gasteiger partial charge >= 0.3 is 0 Å². The molecule has 0 saturated heterocycles. The van der Waals surface area contributed by atoms with Crippen LogP contribution in [0.4, 0.5) is 10.2 Å². The molecular weight excluding hydrogens is 269 g/mol. The monoisotopic (exact) mass is 283 g/mol. The van der Waals surface area contributed by atoms with Gasteiger partial charge < -0.3 is 5.32 Å². The fraction of sp³-hybridized carbons (Fsp3) is 0.125. The van der Waals surface area contributed by atoms with E-state index in [0.29, 0.717) is 11.5 Å². The lowest BCUT2D eigenvalue weighted by molar-refractivity contribution is 0.626. The molecule has 0 radical (unpaired) electrons. The minimum Gasteiger partial charge on any atom is -0.363 e. The maximum Gasteiger partial charge on any atom is 0.259 e. The van der Waals surface area contributed by atoms with Gasteiger partial charge in [0.2, 0.25) is 0 Å². The van der Waals surface area contributed by atoms with Crippen molar-refractivity contribution >= 4 is 11.5 Å². The number of pyridine rings is 1. The summed E-state index contributed by atoms with van der Waals surface area (Å²) in [6.45, 7) is 1.93. The molecule has 2 aromatic heterocycles. The second-order valence-corrected chi connectivity index (χ2v) is 4.83. The van der Waals surface area contributed by atoms with Crippen LogP contribution in [0.5, 0.6) is 0 Å². The minimum atomic E-state index is -0.270. The van der Waals surface area contributed by atoms with Crippen LogP contribution >= 0.6 is 0 Å². The van der Waals surface area contributed by atoms with Gasteiger partial charge in [0.05, 0.1) is 0 Å². The van der Waals surface area contributed by atoms with Gasteiger partial charge in [0.25, 0.3) is 5.56 Å². The Hall–Kier alpha value is -2.69. The fourth-order valence-corrected chi connectivity index (χ4v) is 2.18. The third-order valence-electron chi connectivity index (χ3n) is 3.31. The Bertz CT molecular complexity index is 827. The van der Waals surface area contributed by atoms with Crippen LogP contribution in [0.25, 0.3) is 5.65 Å². The quantitative estimate of drug-likeness (QED) is 0.803. The molecule has 106 valence electrons. The second kappa shape index (κ2) is 5.36. The van der Waals surface area contributed by atoms with E-state index in [4.69, 9.17) is 0 Å². The second-order valence-electron chi connectivity index (χ2n) is 4.83. The summed E-state index contributed by atoms with van der Waals surface area (Å²) in [6.07, 6.45) is 1.68. The zero-order valence-corrected chi connectivity index (χ0v) is 11.5. The van der Waals surface area contributed by atoms with Crippen molar-refractivity contribution in [3.05, 3.63) is 76.5 Å². The van der Waals surface area contributed by atoms with Crippen molar-refractivity contribution in [1.29, 1.82) is 0 Å². The zero-order valence-electron chi connectivity index (χ0n) is 11.5. The Balaban J connectivity index is 1.91. The molecule has 3 rings (SSSR count). The number of hydrogen-bond donors (Lipinski definition) is 1. The molecule has 0 aliphatic carbocycles. The van der Waals surface area contributed by atoms with E-state index in [-0.39, 0.29) is 17.4 Å². The van der Waals surface area contributed by atoms with Crippen molar-refractivity contribution in [2.75, 3.05) is 5.32 Å². The van der Waals surface area contributed by atoms with Gasteiger partial charge in [-0.05, 0) is 36.8 Å². The van der Waals surface area contributed by atoms with Crippen LogP contribution in [-0.4, -0.2) is 9.38 Å². The van der Waals surface area contributed by atoms with E-state index in [2.05, 4.69) is 10.3 Å². The summed E-state index contributed by atoms with van der Waals surface area (Å²) in [5.41, 5.74) is 1.36. The highest BCUT2D eigenvalue weighted by atomic mass is 19.1. The van der Waals surface area contributed by atoms with E-state index in [1.54, 1.807) is 30.5 Å². The van der Waals surface area contributed by atoms with Crippen molar-refractivity contribution in [1.82, 2.24) is 9.38 Å². The van der Waals surface area contributed by atoms with Crippen LogP contribution in [0.1, 0.15) is 18.5 Å². The number of halogens is 1. The number of nitrogens with zero attached hydrogens (tertiary/aromatic N) is 2. The van der Waals surface area contributed by atoms with Crippen LogP contribution in [-0.2, 0) is 0 Å². The van der Waals surface area contributed by atoms with Gasteiger partial charge in [0.1, 0.15) is 17.3 Å². The normalized spacial score (nSPS) is 12.3. The van der Waals surface area contributed by atoms with Crippen LogP contribution in [0.3, 0.4) is 0 Å². The summed E-state index contributed by atoms with van der Waals surface area (Å²) in [5, 5.41) is 3.16. The number of hydrogen-bond acceptors (Lipinski definition) is 3. The highest BCUT2D eigenvalue weighted by molar-refractivity contribution is 5.47. The van der Waals surface area contributed by atoms with E-state index in [9.17, 15) is 9.18 Å². The first-order valence-electron chi connectivity index (χ1n) is 6.64. The average Bonchev–Trinajstić information content (AvgIpc) is 2.48. The van der Waals surface area contributed by atoms with Crippen molar-refractivity contribution < 1.29 is 4.39 Å². The first kappa shape index (κ1) is 13.3. The molecule has 1 N–H and O–H groups in total. The van der Waals surface area contributed by atoms with Crippen molar-refractivity contribution in [2.24, 2.45) is 0 Å². The molecule has 0 fully saturated rings. The van der Waals surface area contributed by atoms with Crippen LogP contribution in [0.2, 0.25) is 0 Å². The zero-order chi connectivity index (χ0) is 14.8. The van der Waals surface area contributed by atoms with Crippen LogP contribution in [0, 0.1) is 5.82 Å². The smallest absolute Gasteiger partial charge is 0.259 e. The van der Waals surface area contributed by atoms with Gasteiger partial charge in [-0.2, -0.15) is 0 Å².